The van der Waals surface area contributed by atoms with Crippen LogP contribution in [-0.4, -0.2) is 51.3 Å². The lowest BCUT2D eigenvalue weighted by Crippen LogP contribution is -2.44. The maximum absolute atomic E-state index is 13.4. The van der Waals surface area contributed by atoms with Gasteiger partial charge in [0.2, 0.25) is 0 Å². The van der Waals surface area contributed by atoms with Crippen molar-refractivity contribution in [3.8, 4) is 11.5 Å². The third kappa shape index (κ3) is 4.82. The largest absolute Gasteiger partial charge is 0.490 e. The van der Waals surface area contributed by atoms with Crippen molar-refractivity contribution in [1.82, 2.24) is 4.90 Å². The summed E-state index contributed by atoms with van der Waals surface area (Å²) in [6, 6.07) is 11.0. The molecule has 0 unspecified atom stereocenters. The van der Waals surface area contributed by atoms with E-state index in [1.165, 1.54) is 5.69 Å². The highest BCUT2D eigenvalue weighted by molar-refractivity contribution is 5.49. The molecule has 1 saturated heterocycles. The Bertz CT molecular complexity index is 686. The van der Waals surface area contributed by atoms with Crippen LogP contribution in [0.2, 0.25) is 0 Å². The van der Waals surface area contributed by atoms with Crippen LogP contribution < -0.4 is 14.4 Å². The first-order chi connectivity index (χ1) is 12.1. The minimum atomic E-state index is -0.585. The molecule has 0 radical (unpaired) electrons. The van der Waals surface area contributed by atoms with Gasteiger partial charge in [-0.25, -0.2) is 8.78 Å². The molecule has 0 atom stereocenters. The molecule has 6 heteroatoms. The second-order valence-electron chi connectivity index (χ2n) is 6.06. The van der Waals surface area contributed by atoms with E-state index in [-0.39, 0.29) is 19.0 Å². The predicted octanol–water partition coefficient (Wildman–Crippen LogP) is 3.17. The Hall–Kier alpha value is -2.34. The molecule has 1 aliphatic rings. The Morgan fingerprint density at radius 3 is 2.28 bits per heavy atom. The van der Waals surface area contributed by atoms with Crippen molar-refractivity contribution in [3.63, 3.8) is 0 Å². The van der Waals surface area contributed by atoms with Crippen LogP contribution in [0.1, 0.15) is 0 Å². The van der Waals surface area contributed by atoms with E-state index in [1.54, 1.807) is 0 Å². The quantitative estimate of drug-likeness (QED) is 0.749. The Morgan fingerprint density at radius 1 is 0.880 bits per heavy atom. The standard InChI is InChI=1S/C19H22F2N2O2/c1-22-8-10-23(11-9-22)16-3-5-17(6-4-16)24-12-13-25-19-14-15(20)2-7-18(19)21/h2-7,14H,8-13H2,1H3. The average molecular weight is 348 g/mol. The first-order valence-electron chi connectivity index (χ1n) is 8.36. The number of hydrogen-bond acceptors (Lipinski definition) is 4. The van der Waals surface area contributed by atoms with Crippen LogP contribution in [0.4, 0.5) is 14.5 Å². The molecular formula is C19H22F2N2O2. The van der Waals surface area contributed by atoms with Crippen molar-refractivity contribution >= 4 is 5.69 Å². The SMILES string of the molecule is CN1CCN(c2ccc(OCCOc3cc(F)ccc3F)cc2)CC1. The number of halogens is 2. The molecule has 0 bridgehead atoms. The molecule has 1 fully saturated rings. The molecule has 3 rings (SSSR count). The highest BCUT2D eigenvalue weighted by Gasteiger charge is 2.14. The second-order valence-corrected chi connectivity index (χ2v) is 6.06. The van der Waals surface area contributed by atoms with Gasteiger partial charge in [0.05, 0.1) is 0 Å². The van der Waals surface area contributed by atoms with Crippen LogP contribution in [0.15, 0.2) is 42.5 Å². The number of nitrogens with zero attached hydrogens (tertiary/aromatic N) is 2. The smallest absolute Gasteiger partial charge is 0.165 e. The first kappa shape index (κ1) is 17.5. The van der Waals surface area contributed by atoms with Crippen LogP contribution in [0.25, 0.3) is 0 Å². The Morgan fingerprint density at radius 2 is 1.56 bits per heavy atom. The summed E-state index contributed by atoms with van der Waals surface area (Å²) in [5, 5.41) is 0. The van der Waals surface area contributed by atoms with Crippen molar-refractivity contribution in [3.05, 3.63) is 54.1 Å². The number of rotatable bonds is 6. The van der Waals surface area contributed by atoms with E-state index in [0.717, 1.165) is 50.1 Å². The molecule has 0 amide bonds. The van der Waals surface area contributed by atoms with Gasteiger partial charge in [0.1, 0.15) is 24.8 Å². The van der Waals surface area contributed by atoms with Crippen LogP contribution in [0.3, 0.4) is 0 Å². The van der Waals surface area contributed by atoms with Gasteiger partial charge in [-0.05, 0) is 43.4 Å². The van der Waals surface area contributed by atoms with Gasteiger partial charge in [0.15, 0.2) is 11.6 Å². The van der Waals surface area contributed by atoms with Gasteiger partial charge in [0.25, 0.3) is 0 Å². The molecule has 0 spiro atoms. The molecule has 0 N–H and O–H groups in total. The Labute approximate surface area is 146 Å². The minimum absolute atomic E-state index is 0.103. The fourth-order valence-corrected chi connectivity index (χ4v) is 2.72. The number of benzene rings is 2. The van der Waals surface area contributed by atoms with Crippen molar-refractivity contribution in [2.75, 3.05) is 51.3 Å². The lowest BCUT2D eigenvalue weighted by molar-refractivity contribution is 0.211. The van der Waals surface area contributed by atoms with Crippen LogP contribution in [0, 0.1) is 11.6 Å². The summed E-state index contributed by atoms with van der Waals surface area (Å²) in [4.78, 5) is 4.66. The number of ether oxygens (including phenoxy) is 2. The Kier molecular flexibility index (Phi) is 5.71. The van der Waals surface area contributed by atoms with E-state index in [2.05, 4.69) is 16.8 Å². The number of likely N-dealkylation sites (N-methyl/N-ethyl adjacent to an activating group) is 1. The van der Waals surface area contributed by atoms with E-state index in [0.29, 0.717) is 0 Å². The average Bonchev–Trinajstić information content (AvgIpc) is 2.63. The summed E-state index contributed by atoms with van der Waals surface area (Å²) in [7, 11) is 2.13. The summed E-state index contributed by atoms with van der Waals surface area (Å²) in [6.45, 7) is 4.55. The normalized spacial score (nSPS) is 15.2. The van der Waals surface area contributed by atoms with E-state index in [9.17, 15) is 8.78 Å². The summed E-state index contributed by atoms with van der Waals surface area (Å²) < 4.78 is 37.3. The topological polar surface area (TPSA) is 24.9 Å². The number of anilines is 1. The summed E-state index contributed by atoms with van der Waals surface area (Å²) in [5.41, 5.74) is 1.18. The lowest BCUT2D eigenvalue weighted by atomic mass is 10.2. The zero-order chi connectivity index (χ0) is 17.6. The molecule has 0 saturated carbocycles. The van der Waals surface area contributed by atoms with Gasteiger partial charge in [-0.3, -0.25) is 0 Å². The number of piperazine rings is 1. The van der Waals surface area contributed by atoms with E-state index >= 15 is 0 Å². The highest BCUT2D eigenvalue weighted by atomic mass is 19.1. The van der Waals surface area contributed by atoms with Crippen LogP contribution >= 0.6 is 0 Å². The summed E-state index contributed by atoms with van der Waals surface area (Å²) >= 11 is 0. The molecule has 0 aromatic heterocycles. The van der Waals surface area contributed by atoms with Gasteiger partial charge in [-0.15, -0.1) is 0 Å². The molecule has 2 aromatic carbocycles. The zero-order valence-electron chi connectivity index (χ0n) is 14.3. The van der Waals surface area contributed by atoms with Gasteiger partial charge in [-0.2, -0.15) is 0 Å². The molecule has 134 valence electrons. The molecule has 4 nitrogen and oxygen atoms in total. The van der Waals surface area contributed by atoms with Crippen molar-refractivity contribution in [2.45, 2.75) is 0 Å². The maximum atomic E-state index is 13.4. The molecular weight excluding hydrogens is 326 g/mol. The molecule has 1 heterocycles. The fourth-order valence-electron chi connectivity index (χ4n) is 2.72. The molecule has 2 aromatic rings. The fraction of sp³-hybridized carbons (Fsp3) is 0.368. The molecule has 0 aliphatic carbocycles. The van der Waals surface area contributed by atoms with Crippen LogP contribution in [0.5, 0.6) is 11.5 Å². The maximum Gasteiger partial charge on any atom is 0.165 e. The first-order valence-corrected chi connectivity index (χ1v) is 8.36. The van der Waals surface area contributed by atoms with Crippen molar-refractivity contribution in [2.24, 2.45) is 0 Å². The second kappa shape index (κ2) is 8.16. The van der Waals surface area contributed by atoms with E-state index in [4.69, 9.17) is 9.47 Å². The number of hydrogen-bond donors (Lipinski definition) is 0. The molecule has 1 aliphatic heterocycles. The van der Waals surface area contributed by atoms with Gasteiger partial charge in [-0.1, -0.05) is 0 Å². The third-order valence-corrected chi connectivity index (χ3v) is 4.21. The monoisotopic (exact) mass is 348 g/mol. The lowest BCUT2D eigenvalue weighted by Gasteiger charge is -2.34. The predicted molar refractivity (Wildman–Crippen MR) is 93.5 cm³/mol. The molecule has 25 heavy (non-hydrogen) atoms. The van der Waals surface area contributed by atoms with Gasteiger partial charge < -0.3 is 19.3 Å². The van der Waals surface area contributed by atoms with E-state index in [1.807, 2.05) is 24.3 Å². The zero-order valence-corrected chi connectivity index (χ0v) is 14.3. The summed E-state index contributed by atoms with van der Waals surface area (Å²) in [5.74, 6) is -0.495. The van der Waals surface area contributed by atoms with Crippen molar-refractivity contribution in [1.29, 1.82) is 0 Å². The van der Waals surface area contributed by atoms with Gasteiger partial charge in [0, 0.05) is 37.9 Å². The van der Waals surface area contributed by atoms with E-state index < -0.39 is 11.6 Å². The third-order valence-electron chi connectivity index (χ3n) is 4.21. The van der Waals surface area contributed by atoms with Crippen molar-refractivity contribution < 1.29 is 18.3 Å². The minimum Gasteiger partial charge on any atom is -0.490 e. The Balaban J connectivity index is 1.45. The van der Waals surface area contributed by atoms with Crippen LogP contribution in [-0.2, 0) is 0 Å². The van der Waals surface area contributed by atoms with Gasteiger partial charge >= 0.3 is 0 Å². The summed E-state index contributed by atoms with van der Waals surface area (Å²) in [6.07, 6.45) is 0. The highest BCUT2D eigenvalue weighted by Crippen LogP contribution is 2.21.